The first-order chi connectivity index (χ1) is 6.40. The molecule has 0 bridgehead atoms. The summed E-state index contributed by atoms with van der Waals surface area (Å²) in [5.41, 5.74) is 0. The Morgan fingerprint density at radius 1 is 1.46 bits per heavy atom. The van der Waals surface area contributed by atoms with Gasteiger partial charge >= 0.3 is 0 Å². The van der Waals surface area contributed by atoms with Crippen LogP contribution in [0.15, 0.2) is 4.52 Å². The van der Waals surface area contributed by atoms with Crippen molar-refractivity contribution in [3.8, 4) is 6.07 Å². The van der Waals surface area contributed by atoms with E-state index in [4.69, 9.17) is 9.78 Å². The zero-order chi connectivity index (χ0) is 9.10. The number of hydrogen-bond donors (Lipinski definition) is 0. The Kier molecular flexibility index (Phi) is 2.26. The highest BCUT2D eigenvalue weighted by Crippen LogP contribution is 2.32. The highest BCUT2D eigenvalue weighted by Gasteiger charge is 2.21. The van der Waals surface area contributed by atoms with Crippen LogP contribution in [0.3, 0.4) is 0 Å². The van der Waals surface area contributed by atoms with Gasteiger partial charge in [0.15, 0.2) is 5.82 Å². The molecule has 0 amide bonds. The first kappa shape index (κ1) is 8.24. The van der Waals surface area contributed by atoms with Crippen LogP contribution in [0.1, 0.15) is 43.3 Å². The normalized spacial score (nSPS) is 17.5. The molecule has 0 spiro atoms. The van der Waals surface area contributed by atoms with Crippen LogP contribution in [0.5, 0.6) is 0 Å². The topological polar surface area (TPSA) is 62.7 Å². The van der Waals surface area contributed by atoms with Crippen molar-refractivity contribution in [3.05, 3.63) is 11.7 Å². The Bertz CT molecular complexity index is 320. The second-order valence-electron chi connectivity index (χ2n) is 3.36. The van der Waals surface area contributed by atoms with E-state index in [9.17, 15) is 0 Å². The van der Waals surface area contributed by atoms with Crippen LogP contribution in [0.4, 0.5) is 0 Å². The fraction of sp³-hybridized carbons (Fsp3) is 0.667. The monoisotopic (exact) mass is 177 g/mol. The summed E-state index contributed by atoms with van der Waals surface area (Å²) in [7, 11) is 0. The smallest absolute Gasteiger partial charge is 0.240 e. The van der Waals surface area contributed by atoms with Crippen molar-refractivity contribution in [1.82, 2.24) is 10.1 Å². The molecule has 1 aliphatic rings. The first-order valence-corrected chi connectivity index (χ1v) is 4.59. The van der Waals surface area contributed by atoms with Crippen molar-refractivity contribution in [2.75, 3.05) is 0 Å². The Morgan fingerprint density at radius 2 is 2.23 bits per heavy atom. The molecule has 1 aromatic rings. The largest absolute Gasteiger partial charge is 0.338 e. The average molecular weight is 177 g/mol. The minimum Gasteiger partial charge on any atom is -0.338 e. The molecule has 4 heteroatoms. The molecule has 1 aromatic heterocycles. The van der Waals surface area contributed by atoms with Gasteiger partial charge in [-0.15, -0.1) is 0 Å². The first-order valence-electron chi connectivity index (χ1n) is 4.59. The van der Waals surface area contributed by atoms with Crippen LogP contribution >= 0.6 is 0 Å². The zero-order valence-electron chi connectivity index (χ0n) is 7.36. The molecular formula is C9H11N3O. The summed E-state index contributed by atoms with van der Waals surface area (Å²) in [6, 6.07) is 1.99. The van der Waals surface area contributed by atoms with Crippen LogP contribution in [-0.2, 0) is 6.42 Å². The van der Waals surface area contributed by atoms with Gasteiger partial charge in [-0.3, -0.25) is 0 Å². The summed E-state index contributed by atoms with van der Waals surface area (Å²) in [5.74, 6) is 1.71. The number of rotatable bonds is 2. The molecule has 13 heavy (non-hydrogen) atoms. The molecule has 1 heterocycles. The summed E-state index contributed by atoms with van der Waals surface area (Å²) >= 11 is 0. The molecule has 1 fully saturated rings. The van der Waals surface area contributed by atoms with Crippen LogP contribution in [0, 0.1) is 11.3 Å². The predicted octanol–water partition coefficient (Wildman–Crippen LogP) is 1.79. The summed E-state index contributed by atoms with van der Waals surface area (Å²) < 4.78 is 4.93. The summed E-state index contributed by atoms with van der Waals surface area (Å²) in [4.78, 5) is 4.18. The van der Waals surface area contributed by atoms with E-state index in [-0.39, 0.29) is 6.42 Å². The van der Waals surface area contributed by atoms with E-state index in [2.05, 4.69) is 10.1 Å². The maximum Gasteiger partial charge on any atom is 0.240 e. The van der Waals surface area contributed by atoms with Gasteiger partial charge < -0.3 is 4.52 Å². The molecule has 1 saturated carbocycles. The summed E-state index contributed by atoms with van der Waals surface area (Å²) in [6.07, 6.45) is 5.05. The SMILES string of the molecule is N#CCc1nc(C2CCCC2)no1. The Balaban J connectivity index is 2.08. The van der Waals surface area contributed by atoms with Crippen molar-refractivity contribution in [3.63, 3.8) is 0 Å². The lowest BCUT2D eigenvalue weighted by molar-refractivity contribution is 0.377. The van der Waals surface area contributed by atoms with Crippen molar-refractivity contribution in [1.29, 1.82) is 5.26 Å². The Labute approximate surface area is 76.6 Å². The van der Waals surface area contributed by atoms with Gasteiger partial charge in [0.05, 0.1) is 6.07 Å². The molecule has 0 N–H and O–H groups in total. The highest BCUT2D eigenvalue weighted by molar-refractivity contribution is 5.00. The molecule has 0 unspecified atom stereocenters. The third-order valence-electron chi connectivity index (χ3n) is 2.43. The van der Waals surface area contributed by atoms with Gasteiger partial charge in [-0.05, 0) is 12.8 Å². The lowest BCUT2D eigenvalue weighted by atomic mass is 10.1. The number of hydrogen-bond acceptors (Lipinski definition) is 4. The zero-order valence-corrected chi connectivity index (χ0v) is 7.36. The minimum atomic E-state index is 0.222. The van der Waals surface area contributed by atoms with E-state index in [1.807, 2.05) is 6.07 Å². The van der Waals surface area contributed by atoms with Crippen LogP contribution < -0.4 is 0 Å². The van der Waals surface area contributed by atoms with Crippen LogP contribution in [0.2, 0.25) is 0 Å². The fourth-order valence-electron chi connectivity index (χ4n) is 1.76. The standard InChI is InChI=1S/C9H11N3O/c10-6-5-8-11-9(12-13-8)7-3-1-2-4-7/h7H,1-5H2. The van der Waals surface area contributed by atoms with Crippen LogP contribution in [0.25, 0.3) is 0 Å². The Hall–Kier alpha value is -1.37. The van der Waals surface area contributed by atoms with Gasteiger partial charge in [-0.2, -0.15) is 10.2 Å². The van der Waals surface area contributed by atoms with Crippen molar-refractivity contribution in [2.45, 2.75) is 38.0 Å². The molecule has 2 rings (SSSR count). The molecular weight excluding hydrogens is 166 g/mol. The maximum absolute atomic E-state index is 8.42. The van der Waals surface area contributed by atoms with E-state index in [1.54, 1.807) is 0 Å². The second kappa shape index (κ2) is 3.56. The van der Waals surface area contributed by atoms with Crippen LogP contribution in [-0.4, -0.2) is 10.1 Å². The third kappa shape index (κ3) is 1.69. The molecule has 0 radical (unpaired) electrons. The van der Waals surface area contributed by atoms with Gasteiger partial charge in [0, 0.05) is 5.92 Å². The highest BCUT2D eigenvalue weighted by atomic mass is 16.5. The second-order valence-corrected chi connectivity index (χ2v) is 3.36. The van der Waals surface area contributed by atoms with Crippen molar-refractivity contribution in [2.24, 2.45) is 0 Å². The fourth-order valence-corrected chi connectivity index (χ4v) is 1.76. The van der Waals surface area contributed by atoms with Crippen molar-refractivity contribution >= 4 is 0 Å². The average Bonchev–Trinajstić information content (AvgIpc) is 2.70. The molecule has 1 aliphatic carbocycles. The summed E-state index contributed by atoms with van der Waals surface area (Å²) in [5, 5.41) is 12.3. The molecule has 68 valence electrons. The lowest BCUT2D eigenvalue weighted by Crippen LogP contribution is -1.94. The number of aromatic nitrogens is 2. The lowest BCUT2D eigenvalue weighted by Gasteiger charge is -1.98. The molecule has 0 aliphatic heterocycles. The molecule has 4 nitrogen and oxygen atoms in total. The van der Waals surface area contributed by atoms with Crippen molar-refractivity contribution < 1.29 is 4.52 Å². The third-order valence-corrected chi connectivity index (χ3v) is 2.43. The quantitative estimate of drug-likeness (QED) is 0.690. The molecule has 0 atom stereocenters. The predicted molar refractivity (Wildman–Crippen MR) is 44.8 cm³/mol. The van der Waals surface area contributed by atoms with E-state index >= 15 is 0 Å². The minimum absolute atomic E-state index is 0.222. The van der Waals surface area contributed by atoms with Gasteiger partial charge in [-0.25, -0.2) is 0 Å². The van der Waals surface area contributed by atoms with E-state index in [0.29, 0.717) is 11.8 Å². The maximum atomic E-state index is 8.42. The number of nitrogens with zero attached hydrogens (tertiary/aromatic N) is 3. The number of nitriles is 1. The van der Waals surface area contributed by atoms with Gasteiger partial charge in [-0.1, -0.05) is 18.0 Å². The van der Waals surface area contributed by atoms with E-state index < -0.39 is 0 Å². The molecule has 0 saturated heterocycles. The van der Waals surface area contributed by atoms with Gasteiger partial charge in [0.2, 0.25) is 5.89 Å². The van der Waals surface area contributed by atoms with Gasteiger partial charge in [0.25, 0.3) is 0 Å². The van der Waals surface area contributed by atoms with E-state index in [1.165, 1.54) is 12.8 Å². The molecule has 0 aromatic carbocycles. The van der Waals surface area contributed by atoms with Gasteiger partial charge in [0.1, 0.15) is 6.42 Å². The summed E-state index contributed by atoms with van der Waals surface area (Å²) in [6.45, 7) is 0. The Morgan fingerprint density at radius 3 is 2.92 bits per heavy atom. The van der Waals surface area contributed by atoms with E-state index in [0.717, 1.165) is 18.7 Å².